The van der Waals surface area contributed by atoms with Gasteiger partial charge in [-0.3, -0.25) is 9.69 Å². The van der Waals surface area contributed by atoms with Crippen LogP contribution in [0, 0.1) is 0 Å². The molecule has 0 saturated heterocycles. The van der Waals surface area contributed by atoms with E-state index in [0.717, 1.165) is 11.3 Å². The van der Waals surface area contributed by atoms with Gasteiger partial charge in [0.2, 0.25) is 5.91 Å². The Balaban J connectivity index is 2.06. The van der Waals surface area contributed by atoms with Crippen LogP contribution in [0.5, 0.6) is 5.75 Å². The maximum atomic E-state index is 12.4. The van der Waals surface area contributed by atoms with Gasteiger partial charge in [-0.05, 0) is 56.7 Å². The predicted octanol–water partition coefficient (Wildman–Crippen LogP) is 3.40. The molecule has 2 aromatic rings. The average Bonchev–Trinajstić information content (AvgIpc) is 2.64. The van der Waals surface area contributed by atoms with Crippen molar-refractivity contribution >= 4 is 29.0 Å². The number of hydrogen-bond acceptors (Lipinski definition) is 4. The Bertz CT molecular complexity index is 819. The van der Waals surface area contributed by atoms with Crippen molar-refractivity contribution in [3.8, 4) is 5.75 Å². The molecule has 4 N–H and O–H groups in total. The third-order valence-electron chi connectivity index (χ3n) is 4.01. The summed E-state index contributed by atoms with van der Waals surface area (Å²) in [6, 6.07) is 12.3. The van der Waals surface area contributed by atoms with Gasteiger partial charge in [-0.15, -0.1) is 0 Å². The average molecular weight is 384 g/mol. The SMILES string of the molecule is CCOc1ccc(CC(=O)Nc2cc(N(C)C(=O)NC(C)C)ccc2N)cc1. The van der Waals surface area contributed by atoms with Crippen LogP contribution in [0.4, 0.5) is 21.9 Å². The van der Waals surface area contributed by atoms with Crippen molar-refractivity contribution in [1.82, 2.24) is 5.32 Å². The number of ether oxygens (including phenoxy) is 1. The Hall–Kier alpha value is -3.22. The second-order valence-corrected chi connectivity index (χ2v) is 6.74. The Labute approximate surface area is 165 Å². The van der Waals surface area contributed by atoms with Crippen LogP contribution in [0.25, 0.3) is 0 Å². The standard InChI is InChI=1S/C21H28N4O3/c1-5-28-17-9-6-15(7-10-17)12-20(26)24-19-13-16(8-11-18(19)22)25(4)21(27)23-14(2)3/h6-11,13-14H,5,12,22H2,1-4H3,(H,23,27)(H,24,26). The summed E-state index contributed by atoms with van der Waals surface area (Å²) in [5.41, 5.74) is 8.39. The molecule has 0 atom stereocenters. The third-order valence-corrected chi connectivity index (χ3v) is 4.01. The van der Waals surface area contributed by atoms with Crippen LogP contribution in [-0.4, -0.2) is 31.6 Å². The summed E-state index contributed by atoms with van der Waals surface area (Å²) in [6.45, 7) is 6.30. The van der Waals surface area contributed by atoms with E-state index in [1.165, 1.54) is 4.90 Å². The van der Waals surface area contributed by atoms with Gasteiger partial charge in [0.05, 0.1) is 24.4 Å². The molecule has 0 unspecified atom stereocenters. The summed E-state index contributed by atoms with van der Waals surface area (Å²) in [5, 5.41) is 5.64. The molecule has 28 heavy (non-hydrogen) atoms. The molecule has 7 heteroatoms. The van der Waals surface area contributed by atoms with Crippen molar-refractivity contribution in [3.63, 3.8) is 0 Å². The minimum absolute atomic E-state index is 0.0250. The fourth-order valence-corrected chi connectivity index (χ4v) is 2.57. The smallest absolute Gasteiger partial charge is 0.321 e. The van der Waals surface area contributed by atoms with Gasteiger partial charge in [0, 0.05) is 18.8 Å². The van der Waals surface area contributed by atoms with E-state index in [1.54, 1.807) is 25.2 Å². The fraction of sp³-hybridized carbons (Fsp3) is 0.333. The van der Waals surface area contributed by atoms with Crippen LogP contribution < -0.4 is 26.0 Å². The molecule has 2 aromatic carbocycles. The minimum atomic E-state index is -0.230. The molecule has 0 aliphatic rings. The number of carbonyl (C=O) groups excluding carboxylic acids is 2. The van der Waals surface area contributed by atoms with Crippen molar-refractivity contribution < 1.29 is 14.3 Å². The van der Waals surface area contributed by atoms with Gasteiger partial charge in [-0.2, -0.15) is 0 Å². The molecule has 2 rings (SSSR count). The van der Waals surface area contributed by atoms with E-state index in [1.807, 2.05) is 45.0 Å². The molecule has 3 amide bonds. The number of nitrogens with zero attached hydrogens (tertiary/aromatic N) is 1. The number of amides is 3. The van der Waals surface area contributed by atoms with E-state index in [2.05, 4.69) is 10.6 Å². The molecule has 0 saturated carbocycles. The van der Waals surface area contributed by atoms with Crippen LogP contribution in [0.15, 0.2) is 42.5 Å². The molecule has 0 bridgehead atoms. The Morgan fingerprint density at radius 2 is 1.82 bits per heavy atom. The van der Waals surface area contributed by atoms with Crippen LogP contribution >= 0.6 is 0 Å². The van der Waals surface area contributed by atoms with E-state index < -0.39 is 0 Å². The van der Waals surface area contributed by atoms with Gasteiger partial charge in [-0.25, -0.2) is 4.79 Å². The van der Waals surface area contributed by atoms with E-state index in [4.69, 9.17) is 10.5 Å². The van der Waals surface area contributed by atoms with Gasteiger partial charge in [-0.1, -0.05) is 12.1 Å². The Kier molecular flexibility index (Phi) is 7.26. The van der Waals surface area contributed by atoms with E-state index in [9.17, 15) is 9.59 Å². The third kappa shape index (κ3) is 5.90. The first-order valence-corrected chi connectivity index (χ1v) is 9.25. The zero-order valence-electron chi connectivity index (χ0n) is 16.8. The second-order valence-electron chi connectivity index (χ2n) is 6.74. The fourth-order valence-electron chi connectivity index (χ4n) is 2.57. The number of benzene rings is 2. The molecular weight excluding hydrogens is 356 g/mol. The monoisotopic (exact) mass is 384 g/mol. The van der Waals surface area contributed by atoms with Gasteiger partial charge in [0.1, 0.15) is 5.75 Å². The molecule has 0 aromatic heterocycles. The highest BCUT2D eigenvalue weighted by Gasteiger charge is 2.14. The molecule has 0 aliphatic carbocycles. The molecule has 0 radical (unpaired) electrons. The number of nitrogens with two attached hydrogens (primary N) is 1. The molecule has 150 valence electrons. The summed E-state index contributed by atoms with van der Waals surface area (Å²) in [6.07, 6.45) is 0.208. The van der Waals surface area contributed by atoms with Crippen LogP contribution in [0.3, 0.4) is 0 Å². The lowest BCUT2D eigenvalue weighted by molar-refractivity contribution is -0.115. The number of nitrogens with one attached hydrogen (secondary N) is 2. The van der Waals surface area contributed by atoms with E-state index in [0.29, 0.717) is 23.7 Å². The van der Waals surface area contributed by atoms with Crippen LogP contribution in [-0.2, 0) is 11.2 Å². The number of anilines is 3. The summed E-state index contributed by atoms with van der Waals surface area (Å²) >= 11 is 0. The minimum Gasteiger partial charge on any atom is -0.494 e. The number of rotatable bonds is 7. The zero-order chi connectivity index (χ0) is 20.7. The molecule has 0 fully saturated rings. The normalized spacial score (nSPS) is 10.5. The van der Waals surface area contributed by atoms with Gasteiger partial charge in [0.25, 0.3) is 0 Å². The Morgan fingerprint density at radius 3 is 2.43 bits per heavy atom. The number of urea groups is 1. The second kappa shape index (κ2) is 9.64. The first-order valence-electron chi connectivity index (χ1n) is 9.25. The largest absolute Gasteiger partial charge is 0.494 e. The number of hydrogen-bond donors (Lipinski definition) is 3. The zero-order valence-corrected chi connectivity index (χ0v) is 16.8. The predicted molar refractivity (Wildman–Crippen MR) is 113 cm³/mol. The summed E-state index contributed by atoms with van der Waals surface area (Å²) < 4.78 is 5.40. The van der Waals surface area contributed by atoms with Crippen molar-refractivity contribution in [3.05, 3.63) is 48.0 Å². The molecule has 0 aliphatic heterocycles. The lowest BCUT2D eigenvalue weighted by atomic mass is 10.1. The van der Waals surface area contributed by atoms with Crippen molar-refractivity contribution in [1.29, 1.82) is 0 Å². The maximum absolute atomic E-state index is 12.4. The van der Waals surface area contributed by atoms with E-state index >= 15 is 0 Å². The summed E-state index contributed by atoms with van der Waals surface area (Å²) in [5.74, 6) is 0.577. The molecule has 0 spiro atoms. The van der Waals surface area contributed by atoms with Gasteiger partial charge in [0.15, 0.2) is 0 Å². The lowest BCUT2D eigenvalue weighted by Crippen LogP contribution is -2.40. The Morgan fingerprint density at radius 1 is 1.14 bits per heavy atom. The molecule has 0 heterocycles. The maximum Gasteiger partial charge on any atom is 0.321 e. The highest BCUT2D eigenvalue weighted by Crippen LogP contribution is 2.25. The lowest BCUT2D eigenvalue weighted by Gasteiger charge is -2.21. The van der Waals surface area contributed by atoms with Crippen molar-refractivity contribution in [2.75, 3.05) is 29.6 Å². The summed E-state index contributed by atoms with van der Waals surface area (Å²) in [4.78, 5) is 26.1. The van der Waals surface area contributed by atoms with Crippen molar-refractivity contribution in [2.45, 2.75) is 33.2 Å². The molecule has 7 nitrogen and oxygen atoms in total. The van der Waals surface area contributed by atoms with E-state index in [-0.39, 0.29) is 24.4 Å². The summed E-state index contributed by atoms with van der Waals surface area (Å²) in [7, 11) is 1.66. The number of carbonyl (C=O) groups is 2. The quantitative estimate of drug-likeness (QED) is 0.638. The van der Waals surface area contributed by atoms with Crippen molar-refractivity contribution in [2.24, 2.45) is 0 Å². The number of nitrogen functional groups attached to an aromatic ring is 1. The van der Waals surface area contributed by atoms with Crippen LogP contribution in [0.2, 0.25) is 0 Å². The molecular formula is C21H28N4O3. The van der Waals surface area contributed by atoms with Gasteiger partial charge >= 0.3 is 6.03 Å². The topological polar surface area (TPSA) is 96.7 Å². The van der Waals surface area contributed by atoms with Crippen LogP contribution in [0.1, 0.15) is 26.3 Å². The highest BCUT2D eigenvalue weighted by molar-refractivity contribution is 5.98. The first kappa shape index (κ1) is 21.1. The highest BCUT2D eigenvalue weighted by atomic mass is 16.5. The first-order chi connectivity index (χ1) is 13.3. The van der Waals surface area contributed by atoms with Gasteiger partial charge < -0.3 is 21.1 Å².